The fourth-order valence-corrected chi connectivity index (χ4v) is 0. The van der Waals surface area contributed by atoms with Crippen molar-refractivity contribution in [3.63, 3.8) is 0 Å². The summed E-state index contributed by atoms with van der Waals surface area (Å²) in [5.74, 6) is 8.33. The molecular weight excluding hydrogens is 58.0 g/mol. The Labute approximate surface area is 22.9 Å². The molecule has 4 N–H and O–H groups in total. The summed E-state index contributed by atoms with van der Waals surface area (Å²) in [6.07, 6.45) is 0. The van der Waals surface area contributed by atoms with Crippen LogP contribution in [0.5, 0.6) is 0 Å². The van der Waals surface area contributed by atoms with Gasteiger partial charge in [-0.3, -0.25) is 0 Å². The summed E-state index contributed by atoms with van der Waals surface area (Å²) in [5.41, 5.74) is 0. The second-order valence-corrected chi connectivity index (χ2v) is 0.360. The lowest BCUT2D eigenvalue weighted by molar-refractivity contribution is -0.572. The van der Waals surface area contributed by atoms with Crippen molar-refractivity contribution in [1.29, 1.82) is 0 Å². The highest BCUT2D eigenvalue weighted by molar-refractivity contribution is 3.63. The Morgan fingerprint density at radius 2 is 1.50 bits per heavy atom. The second-order valence-electron chi connectivity index (χ2n) is 0.360. The van der Waals surface area contributed by atoms with Crippen LogP contribution in [0.1, 0.15) is 0 Å². The molecule has 0 aromatic rings. The topological polar surface area (TPSA) is 72.1 Å². The Kier molecular flexibility index (Phi) is 0.524. The lowest BCUT2D eigenvalue weighted by atomic mass is 12.5. The molecular formula is H4N3O+. The van der Waals surface area contributed by atoms with Gasteiger partial charge in [-0.05, 0) is 0 Å². The van der Waals surface area contributed by atoms with Gasteiger partial charge < -0.3 is 0 Å². The predicted octanol–water partition coefficient (Wildman–Crippen LogP) is -1.49. The van der Waals surface area contributed by atoms with Crippen molar-refractivity contribution >= 4 is 0 Å². The molecule has 4 nitrogen and oxygen atoms in total. The van der Waals surface area contributed by atoms with Gasteiger partial charge in [0.2, 0.25) is 4.98 Å². The fraction of sp³-hybridized carbons (Fsp3) is 0. The molecule has 0 aliphatic rings. The number of nitrogens with zero attached hydrogens (tertiary/aromatic N) is 1. The van der Waals surface area contributed by atoms with Crippen LogP contribution in [-0.4, -0.2) is 4.98 Å². The van der Waals surface area contributed by atoms with Gasteiger partial charge in [0, 0.05) is 0 Å². The van der Waals surface area contributed by atoms with Gasteiger partial charge in [0.05, 0.1) is 4.91 Å². The van der Waals surface area contributed by atoms with Gasteiger partial charge in [0.15, 0.2) is 0 Å². The quantitative estimate of drug-likeness (QED) is 0.204. The maximum atomic E-state index is 8.92. The highest BCUT2D eigenvalue weighted by Gasteiger charge is 1.67. The van der Waals surface area contributed by atoms with Crippen LogP contribution in [0.25, 0.3) is 0 Å². The van der Waals surface area contributed by atoms with Crippen LogP contribution in [0.4, 0.5) is 0 Å². The van der Waals surface area contributed by atoms with E-state index in [0.717, 1.165) is 0 Å². The van der Waals surface area contributed by atoms with Gasteiger partial charge in [0.25, 0.3) is 0 Å². The Morgan fingerprint density at radius 1 is 1.50 bits per heavy atom. The number of rotatable bonds is 0. The van der Waals surface area contributed by atoms with E-state index in [2.05, 4.69) is 11.7 Å². The van der Waals surface area contributed by atoms with Crippen molar-refractivity contribution < 1.29 is 4.98 Å². The Bertz CT molecular complexity index is 26.3. The van der Waals surface area contributed by atoms with E-state index in [1.165, 1.54) is 0 Å². The molecule has 4 heteroatoms. The molecule has 0 saturated heterocycles. The molecule has 0 rings (SSSR count). The van der Waals surface area contributed by atoms with E-state index < -0.39 is 0 Å². The van der Waals surface area contributed by atoms with Crippen LogP contribution < -0.4 is 11.7 Å². The summed E-state index contributed by atoms with van der Waals surface area (Å²) in [7, 11) is 0. The molecule has 0 heterocycles. The number of hydrogen-bond donors (Lipinski definition) is 2. The molecule has 4 heavy (non-hydrogen) atoms. The van der Waals surface area contributed by atoms with E-state index in [1.54, 1.807) is 0 Å². The maximum Gasteiger partial charge on any atom is 0.241 e. The Hall–Kier alpha value is -0.800. The fourth-order valence-electron chi connectivity index (χ4n) is 0. The Balaban J connectivity index is 2.80. The molecule has 0 fully saturated rings. The molecule has 0 radical (unpaired) electrons. The summed E-state index contributed by atoms with van der Waals surface area (Å²) in [6, 6.07) is 0. The van der Waals surface area contributed by atoms with Crippen LogP contribution in [-0.2, 0) is 0 Å². The predicted molar refractivity (Wildman–Crippen MR) is 12.0 cm³/mol. The first-order valence-corrected chi connectivity index (χ1v) is 0.699. The summed E-state index contributed by atoms with van der Waals surface area (Å²) >= 11 is 0. The molecule has 0 saturated carbocycles. The van der Waals surface area contributed by atoms with Gasteiger partial charge in [-0.15, -0.1) is 11.7 Å². The zero-order chi connectivity index (χ0) is 3.58. The van der Waals surface area contributed by atoms with Crippen LogP contribution in [0.3, 0.4) is 0 Å². The van der Waals surface area contributed by atoms with Crippen molar-refractivity contribution in [2.45, 2.75) is 0 Å². The second kappa shape index (κ2) is 0.655. The normalized spacial score (nSPS) is 6.00. The first-order valence-electron chi connectivity index (χ1n) is 0.699. The smallest absolute Gasteiger partial charge is 0.135 e. The van der Waals surface area contributed by atoms with Gasteiger partial charge in [0.1, 0.15) is 0 Å². The van der Waals surface area contributed by atoms with E-state index in [4.69, 9.17) is 4.91 Å². The molecule has 24 valence electrons. The third kappa shape index (κ3) is 0.0750. The lowest BCUT2D eigenvalue weighted by Gasteiger charge is -1.52. The SMILES string of the molecule is N[N+](N)=O. The third-order valence-corrected chi connectivity index (χ3v) is 0. The van der Waals surface area contributed by atoms with Gasteiger partial charge in [-0.25, -0.2) is 0 Å². The molecule has 0 atom stereocenters. The van der Waals surface area contributed by atoms with Crippen LogP contribution in [0.2, 0.25) is 0 Å². The number of hydrogen-bond acceptors (Lipinski definition) is 1. The zero-order valence-electron chi connectivity index (χ0n) is 2.01. The number of nitrogens with two attached hydrogens (primary N) is 2. The zero-order valence-corrected chi connectivity index (χ0v) is 2.01. The van der Waals surface area contributed by atoms with Crippen molar-refractivity contribution in [1.82, 2.24) is 0 Å². The van der Waals surface area contributed by atoms with Crippen LogP contribution in [0.15, 0.2) is 0 Å². The molecule has 0 aromatic heterocycles. The largest absolute Gasteiger partial charge is 0.241 e. The van der Waals surface area contributed by atoms with Gasteiger partial charge in [-0.1, -0.05) is 0 Å². The van der Waals surface area contributed by atoms with Gasteiger partial charge >= 0.3 is 0 Å². The highest BCUT2D eigenvalue weighted by atomic mass is 16.3. The summed E-state index contributed by atoms with van der Waals surface area (Å²) in [4.78, 5) is 8.67. The van der Waals surface area contributed by atoms with Gasteiger partial charge in [-0.2, -0.15) is 0 Å². The Morgan fingerprint density at radius 3 is 1.50 bits per heavy atom. The molecule has 0 spiro atoms. The lowest BCUT2D eigenvalue weighted by Crippen LogP contribution is -2.22. The number of nitroso groups, excluding NO2 is 1. The third-order valence-electron chi connectivity index (χ3n) is 0. The van der Waals surface area contributed by atoms with Crippen molar-refractivity contribution in [2.75, 3.05) is 0 Å². The van der Waals surface area contributed by atoms with E-state index in [1.807, 2.05) is 0 Å². The molecule has 0 amide bonds. The van der Waals surface area contributed by atoms with Crippen molar-refractivity contribution in [3.05, 3.63) is 4.91 Å². The number of hydrazine groups is 2. The minimum absolute atomic E-state index is 0.250. The van der Waals surface area contributed by atoms with E-state index in [-0.39, 0.29) is 4.98 Å². The monoisotopic (exact) mass is 62.0 g/mol. The maximum absolute atomic E-state index is 8.92. The molecule has 0 unspecified atom stereocenters. The first kappa shape index (κ1) is 3.20. The van der Waals surface area contributed by atoms with E-state index >= 15 is 0 Å². The molecule has 0 aromatic carbocycles. The average Bonchev–Trinajstić information content (AvgIpc) is 0.811. The minimum atomic E-state index is -0.250. The van der Waals surface area contributed by atoms with E-state index in [9.17, 15) is 0 Å². The molecule has 0 aliphatic carbocycles. The van der Waals surface area contributed by atoms with E-state index in [0.29, 0.717) is 0 Å². The first-order chi connectivity index (χ1) is 1.73. The van der Waals surface area contributed by atoms with Crippen LogP contribution >= 0.6 is 0 Å². The average molecular weight is 62.1 g/mol. The highest BCUT2D eigenvalue weighted by Crippen LogP contribution is 1.09. The summed E-state index contributed by atoms with van der Waals surface area (Å²) in [5, 5.41) is 0. The molecule has 0 aliphatic heterocycles. The standard InChI is InChI=1S/H4N3O/c1-3(2)4/h(H4,1,2,4)/q+1. The summed E-state index contributed by atoms with van der Waals surface area (Å²) < 4.78 is 0. The van der Waals surface area contributed by atoms with Crippen molar-refractivity contribution in [3.8, 4) is 0 Å². The molecule has 0 bridgehead atoms. The van der Waals surface area contributed by atoms with Crippen LogP contribution in [0, 0.1) is 4.91 Å². The van der Waals surface area contributed by atoms with Crippen molar-refractivity contribution in [2.24, 2.45) is 11.7 Å². The minimum Gasteiger partial charge on any atom is -0.135 e. The summed E-state index contributed by atoms with van der Waals surface area (Å²) in [6.45, 7) is 0.